The van der Waals surface area contributed by atoms with Crippen LogP contribution < -0.4 is 21.7 Å². The predicted octanol–water partition coefficient (Wildman–Crippen LogP) is -3.25. The molecule has 26 heavy (non-hydrogen) atoms. The van der Waals surface area contributed by atoms with E-state index >= 15 is 0 Å². The maximum Gasteiger partial charge on any atom is 0.328 e. The van der Waals surface area contributed by atoms with Crippen molar-refractivity contribution < 1.29 is 39.3 Å². The van der Waals surface area contributed by atoms with E-state index in [0.29, 0.717) is 0 Å². The van der Waals surface area contributed by atoms with Crippen LogP contribution in [0, 0.1) is 0 Å². The molecule has 0 aromatic rings. The molecule has 12 nitrogen and oxygen atoms in total. The predicted molar refractivity (Wildman–Crippen MR) is 86.7 cm³/mol. The SMILES string of the molecule is CC(NC(=O)CNC(=O)C(N)CCC(=O)O)C(=O)NC(C(=O)O)C(C)O. The van der Waals surface area contributed by atoms with Gasteiger partial charge in [0.1, 0.15) is 6.04 Å². The van der Waals surface area contributed by atoms with Crippen molar-refractivity contribution in [2.45, 2.75) is 50.9 Å². The van der Waals surface area contributed by atoms with Crippen LogP contribution in [-0.4, -0.2) is 75.8 Å². The molecule has 0 saturated heterocycles. The Kier molecular flexibility index (Phi) is 9.84. The maximum atomic E-state index is 11.8. The molecule has 0 aliphatic heterocycles. The summed E-state index contributed by atoms with van der Waals surface area (Å²) < 4.78 is 0. The number of aliphatic hydroxyl groups is 1. The van der Waals surface area contributed by atoms with Crippen molar-refractivity contribution in [3.63, 3.8) is 0 Å². The molecule has 0 aromatic heterocycles. The fourth-order valence-electron chi connectivity index (χ4n) is 1.73. The summed E-state index contributed by atoms with van der Waals surface area (Å²) in [5.74, 6) is -4.85. The molecule has 148 valence electrons. The third-order valence-corrected chi connectivity index (χ3v) is 3.25. The molecule has 0 heterocycles. The third kappa shape index (κ3) is 8.94. The van der Waals surface area contributed by atoms with E-state index in [1.807, 2.05) is 0 Å². The van der Waals surface area contributed by atoms with Crippen LogP contribution >= 0.6 is 0 Å². The highest BCUT2D eigenvalue weighted by Gasteiger charge is 2.27. The van der Waals surface area contributed by atoms with Crippen LogP contribution in [0.4, 0.5) is 0 Å². The Balaban J connectivity index is 4.37. The summed E-state index contributed by atoms with van der Waals surface area (Å²) in [5.41, 5.74) is 5.46. The highest BCUT2D eigenvalue weighted by atomic mass is 16.4. The largest absolute Gasteiger partial charge is 0.481 e. The molecule has 0 bridgehead atoms. The Hall–Kier alpha value is -2.73. The standard InChI is InChI=1S/C14H24N4O8/c1-6(12(23)18-11(7(2)19)14(25)26)17-9(20)5-16-13(24)8(15)3-4-10(21)22/h6-8,11,19H,3-5,15H2,1-2H3,(H,16,24)(H,17,20)(H,18,23)(H,21,22)(H,25,26). The van der Waals surface area contributed by atoms with Crippen molar-refractivity contribution in [1.82, 2.24) is 16.0 Å². The first-order chi connectivity index (χ1) is 12.0. The van der Waals surface area contributed by atoms with Gasteiger partial charge in [0.25, 0.3) is 0 Å². The highest BCUT2D eigenvalue weighted by Crippen LogP contribution is 1.96. The molecule has 3 amide bonds. The van der Waals surface area contributed by atoms with Crippen LogP contribution in [0.2, 0.25) is 0 Å². The van der Waals surface area contributed by atoms with Gasteiger partial charge in [-0.05, 0) is 20.3 Å². The van der Waals surface area contributed by atoms with Crippen molar-refractivity contribution in [2.24, 2.45) is 5.73 Å². The van der Waals surface area contributed by atoms with Crippen molar-refractivity contribution in [1.29, 1.82) is 0 Å². The normalized spacial score (nSPS) is 15.1. The number of amides is 3. The van der Waals surface area contributed by atoms with Crippen molar-refractivity contribution >= 4 is 29.7 Å². The molecule has 4 unspecified atom stereocenters. The number of carbonyl (C=O) groups is 5. The minimum Gasteiger partial charge on any atom is -0.481 e. The first-order valence-electron chi connectivity index (χ1n) is 7.71. The monoisotopic (exact) mass is 376 g/mol. The van der Waals surface area contributed by atoms with E-state index in [1.54, 1.807) is 0 Å². The number of aliphatic carboxylic acids is 2. The first kappa shape index (κ1) is 23.3. The molecule has 0 fully saturated rings. The molecule has 0 spiro atoms. The molecule has 0 aliphatic rings. The smallest absolute Gasteiger partial charge is 0.328 e. The molecule has 12 heteroatoms. The number of hydrogen-bond donors (Lipinski definition) is 7. The first-order valence-corrected chi connectivity index (χ1v) is 7.71. The summed E-state index contributed by atoms with van der Waals surface area (Å²) in [6, 6.07) is -3.75. The van der Waals surface area contributed by atoms with Gasteiger partial charge < -0.3 is 37.0 Å². The van der Waals surface area contributed by atoms with Gasteiger partial charge in [-0.2, -0.15) is 0 Å². The number of nitrogens with one attached hydrogen (secondary N) is 3. The summed E-state index contributed by atoms with van der Waals surface area (Å²) in [6.45, 7) is 1.97. The lowest BCUT2D eigenvalue weighted by molar-refractivity contribution is -0.145. The zero-order valence-electron chi connectivity index (χ0n) is 14.4. The third-order valence-electron chi connectivity index (χ3n) is 3.25. The zero-order valence-corrected chi connectivity index (χ0v) is 14.4. The Labute approximate surface area is 149 Å². The van der Waals surface area contributed by atoms with Gasteiger partial charge in [0.15, 0.2) is 6.04 Å². The van der Waals surface area contributed by atoms with Crippen molar-refractivity contribution in [3.8, 4) is 0 Å². The van der Waals surface area contributed by atoms with Crippen LogP contribution in [0.3, 0.4) is 0 Å². The number of hydrogen-bond acceptors (Lipinski definition) is 7. The average molecular weight is 376 g/mol. The van der Waals surface area contributed by atoms with Crippen LogP contribution in [0.15, 0.2) is 0 Å². The molecular weight excluding hydrogens is 352 g/mol. The second-order valence-corrected chi connectivity index (χ2v) is 5.61. The Morgan fingerprint density at radius 1 is 1.00 bits per heavy atom. The lowest BCUT2D eigenvalue weighted by atomic mass is 10.1. The quantitative estimate of drug-likeness (QED) is 0.193. The molecule has 4 atom stereocenters. The lowest BCUT2D eigenvalue weighted by Gasteiger charge is -2.20. The Morgan fingerprint density at radius 3 is 2.04 bits per heavy atom. The maximum absolute atomic E-state index is 11.8. The van der Waals surface area contributed by atoms with Crippen LogP contribution in [-0.2, 0) is 24.0 Å². The van der Waals surface area contributed by atoms with Crippen LogP contribution in [0.25, 0.3) is 0 Å². The average Bonchev–Trinajstić information content (AvgIpc) is 2.53. The second-order valence-electron chi connectivity index (χ2n) is 5.61. The van der Waals surface area contributed by atoms with Crippen LogP contribution in [0.1, 0.15) is 26.7 Å². The van der Waals surface area contributed by atoms with E-state index in [-0.39, 0.29) is 12.8 Å². The molecule has 0 rings (SSSR count). The van der Waals surface area contributed by atoms with E-state index in [0.717, 1.165) is 0 Å². The fourth-order valence-corrected chi connectivity index (χ4v) is 1.73. The van der Waals surface area contributed by atoms with Gasteiger partial charge in [-0.15, -0.1) is 0 Å². The number of nitrogens with two attached hydrogens (primary N) is 1. The van der Waals surface area contributed by atoms with Gasteiger partial charge in [0.2, 0.25) is 17.7 Å². The fraction of sp³-hybridized carbons (Fsp3) is 0.643. The number of rotatable bonds is 11. The molecule has 0 aromatic carbocycles. The van der Waals surface area contributed by atoms with E-state index in [1.165, 1.54) is 13.8 Å². The Morgan fingerprint density at radius 2 is 1.58 bits per heavy atom. The van der Waals surface area contributed by atoms with E-state index < -0.39 is 60.4 Å². The lowest BCUT2D eigenvalue weighted by Crippen LogP contribution is -2.55. The minimum absolute atomic E-state index is 0.0997. The molecule has 0 aliphatic carbocycles. The Bertz CT molecular complexity index is 551. The minimum atomic E-state index is -1.53. The van der Waals surface area contributed by atoms with E-state index in [2.05, 4.69) is 16.0 Å². The second kappa shape index (κ2) is 11.0. The number of carboxylic acids is 2. The summed E-state index contributed by atoms with van der Waals surface area (Å²) in [6.07, 6.45) is -1.74. The van der Waals surface area contributed by atoms with E-state index in [4.69, 9.17) is 15.9 Å². The molecule has 8 N–H and O–H groups in total. The van der Waals surface area contributed by atoms with Gasteiger partial charge in [-0.25, -0.2) is 4.79 Å². The molecular formula is C14H24N4O8. The van der Waals surface area contributed by atoms with Gasteiger partial charge in [0, 0.05) is 6.42 Å². The topological polar surface area (TPSA) is 208 Å². The number of carboxylic acid groups (broad SMARTS) is 2. The number of aliphatic hydroxyl groups excluding tert-OH is 1. The highest BCUT2D eigenvalue weighted by molar-refractivity contribution is 5.92. The van der Waals surface area contributed by atoms with Gasteiger partial charge >= 0.3 is 11.9 Å². The van der Waals surface area contributed by atoms with E-state index in [9.17, 15) is 29.1 Å². The zero-order chi connectivity index (χ0) is 20.4. The van der Waals surface area contributed by atoms with Gasteiger partial charge in [-0.1, -0.05) is 0 Å². The number of carbonyl (C=O) groups excluding carboxylic acids is 3. The summed E-state index contributed by atoms with van der Waals surface area (Å²) in [4.78, 5) is 56.4. The summed E-state index contributed by atoms with van der Waals surface area (Å²) >= 11 is 0. The van der Waals surface area contributed by atoms with Gasteiger partial charge in [0.05, 0.1) is 18.7 Å². The molecule has 0 saturated carbocycles. The summed E-state index contributed by atoms with van der Waals surface area (Å²) in [7, 11) is 0. The van der Waals surface area contributed by atoms with Gasteiger partial charge in [-0.3, -0.25) is 19.2 Å². The summed E-state index contributed by atoms with van der Waals surface area (Å²) in [5, 5.41) is 33.2. The van der Waals surface area contributed by atoms with Crippen LogP contribution in [0.5, 0.6) is 0 Å². The molecule has 0 radical (unpaired) electrons. The van der Waals surface area contributed by atoms with Crippen molar-refractivity contribution in [3.05, 3.63) is 0 Å². The van der Waals surface area contributed by atoms with Crippen molar-refractivity contribution in [2.75, 3.05) is 6.54 Å².